The number of rotatable bonds is 5. The van der Waals surface area contributed by atoms with E-state index in [1.807, 2.05) is 13.8 Å². The van der Waals surface area contributed by atoms with E-state index >= 15 is 0 Å². The molecule has 0 amide bonds. The third kappa shape index (κ3) is 3.71. The minimum Gasteiger partial charge on any atom is -0.373 e. The Morgan fingerprint density at radius 1 is 1.12 bits per heavy atom. The molecule has 0 bridgehead atoms. The van der Waals surface area contributed by atoms with E-state index in [1.54, 1.807) is 20.2 Å². The van der Waals surface area contributed by atoms with Gasteiger partial charge in [0, 0.05) is 40.3 Å². The summed E-state index contributed by atoms with van der Waals surface area (Å²) in [6.45, 7) is 6.59. The molecule has 0 spiro atoms. The van der Waals surface area contributed by atoms with Gasteiger partial charge in [0.25, 0.3) is 0 Å². The Morgan fingerprint density at radius 3 is 2.38 bits per heavy atom. The van der Waals surface area contributed by atoms with Gasteiger partial charge in [0.15, 0.2) is 0 Å². The number of sulfonamides is 1. The Morgan fingerprint density at radius 2 is 1.73 bits per heavy atom. The van der Waals surface area contributed by atoms with E-state index in [9.17, 15) is 13.2 Å². The van der Waals surface area contributed by atoms with E-state index in [0.717, 1.165) is 13.1 Å². The number of ether oxygens (including phenoxy) is 1. The van der Waals surface area contributed by atoms with Gasteiger partial charge < -0.3 is 4.74 Å². The van der Waals surface area contributed by atoms with Crippen molar-refractivity contribution in [2.45, 2.75) is 31.0 Å². The van der Waals surface area contributed by atoms with Gasteiger partial charge in [-0.1, -0.05) is 0 Å². The fourth-order valence-corrected chi connectivity index (χ4v) is 4.58. The molecule has 1 aromatic carbocycles. The summed E-state index contributed by atoms with van der Waals surface area (Å²) in [5.74, 6) is 0. The number of morpholine rings is 1. The molecule has 0 radical (unpaired) electrons. The number of aromatic nitrogens is 2. The van der Waals surface area contributed by atoms with E-state index < -0.39 is 10.0 Å². The molecule has 0 aliphatic carbocycles. The second-order valence-electron chi connectivity index (χ2n) is 6.97. The first-order valence-corrected chi connectivity index (χ1v) is 10.2. The van der Waals surface area contributed by atoms with Crippen molar-refractivity contribution in [2.24, 2.45) is 14.1 Å². The van der Waals surface area contributed by atoms with Crippen molar-refractivity contribution in [1.82, 2.24) is 18.8 Å². The van der Waals surface area contributed by atoms with E-state index in [2.05, 4.69) is 9.62 Å². The van der Waals surface area contributed by atoms with Crippen molar-refractivity contribution in [2.75, 3.05) is 26.2 Å². The molecule has 2 unspecified atom stereocenters. The summed E-state index contributed by atoms with van der Waals surface area (Å²) in [7, 11) is -0.330. The highest BCUT2D eigenvalue weighted by Gasteiger charge is 2.23. The van der Waals surface area contributed by atoms with Gasteiger partial charge in [0.1, 0.15) is 0 Å². The van der Waals surface area contributed by atoms with E-state index in [4.69, 9.17) is 4.74 Å². The zero-order valence-corrected chi connectivity index (χ0v) is 16.4. The van der Waals surface area contributed by atoms with Crippen LogP contribution in [-0.2, 0) is 28.9 Å². The number of fused-ring (bicyclic) bond motifs is 1. The van der Waals surface area contributed by atoms with Crippen LogP contribution in [0.4, 0.5) is 0 Å². The number of imidazole rings is 1. The molecular weight excluding hydrogens is 356 g/mol. The summed E-state index contributed by atoms with van der Waals surface area (Å²) < 4.78 is 36.5. The highest BCUT2D eigenvalue weighted by atomic mass is 32.2. The van der Waals surface area contributed by atoms with Crippen LogP contribution in [0.15, 0.2) is 27.9 Å². The summed E-state index contributed by atoms with van der Waals surface area (Å²) in [4.78, 5) is 14.4. The van der Waals surface area contributed by atoms with Gasteiger partial charge in [0.05, 0.1) is 28.1 Å². The third-order valence-corrected chi connectivity index (χ3v) is 6.23. The standard InChI is InChI=1S/C17H26N4O4S/c1-12-10-21(11-13(2)25-12)8-7-18-26(23,24)14-5-6-15-16(9-14)20(4)17(22)19(15)3/h5-6,9,12-13,18H,7-8,10-11H2,1-4H3. The number of benzene rings is 1. The van der Waals surface area contributed by atoms with Gasteiger partial charge in [-0.3, -0.25) is 14.0 Å². The molecule has 1 saturated heterocycles. The Balaban J connectivity index is 1.71. The van der Waals surface area contributed by atoms with Crippen molar-refractivity contribution in [3.05, 3.63) is 28.7 Å². The normalized spacial score (nSPS) is 22.2. The van der Waals surface area contributed by atoms with Crippen LogP contribution in [0.25, 0.3) is 11.0 Å². The molecule has 1 fully saturated rings. The Kier molecular flexibility index (Phi) is 5.25. The maximum atomic E-state index is 12.6. The number of hydrogen-bond donors (Lipinski definition) is 1. The third-order valence-electron chi connectivity index (χ3n) is 4.77. The second-order valence-corrected chi connectivity index (χ2v) is 8.73. The smallest absolute Gasteiger partial charge is 0.328 e. The molecule has 2 atom stereocenters. The highest BCUT2D eigenvalue weighted by Crippen LogP contribution is 2.17. The molecule has 8 nitrogen and oxygen atoms in total. The average Bonchev–Trinajstić information content (AvgIpc) is 2.78. The maximum Gasteiger partial charge on any atom is 0.328 e. The minimum atomic E-state index is -3.63. The van der Waals surface area contributed by atoms with Crippen molar-refractivity contribution >= 4 is 21.1 Å². The van der Waals surface area contributed by atoms with Crippen molar-refractivity contribution in [3.63, 3.8) is 0 Å². The van der Waals surface area contributed by atoms with Crippen molar-refractivity contribution < 1.29 is 13.2 Å². The Hall–Kier alpha value is -1.68. The predicted octanol–water partition coefficient (Wildman–Crippen LogP) is 0.265. The molecular formula is C17H26N4O4S. The van der Waals surface area contributed by atoms with E-state index in [0.29, 0.717) is 24.1 Å². The number of hydrogen-bond acceptors (Lipinski definition) is 5. The van der Waals surface area contributed by atoms with Crippen LogP contribution in [0.1, 0.15) is 13.8 Å². The average molecular weight is 382 g/mol. The van der Waals surface area contributed by atoms with E-state index in [1.165, 1.54) is 21.3 Å². The first-order valence-electron chi connectivity index (χ1n) is 8.72. The zero-order valence-electron chi connectivity index (χ0n) is 15.6. The zero-order chi connectivity index (χ0) is 19.1. The fraction of sp³-hybridized carbons (Fsp3) is 0.588. The van der Waals surface area contributed by atoms with Gasteiger partial charge in [-0.15, -0.1) is 0 Å². The molecule has 1 aliphatic rings. The SMILES string of the molecule is CC1CN(CCNS(=O)(=O)c2ccc3c(c2)n(C)c(=O)n3C)CC(C)O1. The Bertz CT molecular complexity index is 953. The molecule has 26 heavy (non-hydrogen) atoms. The topological polar surface area (TPSA) is 85.6 Å². The van der Waals surface area contributed by atoms with Crippen LogP contribution in [-0.4, -0.2) is 60.8 Å². The molecule has 1 N–H and O–H groups in total. The predicted molar refractivity (Wildman–Crippen MR) is 99.8 cm³/mol. The van der Waals surface area contributed by atoms with Crippen molar-refractivity contribution in [3.8, 4) is 0 Å². The van der Waals surface area contributed by atoms with Crippen LogP contribution in [0.3, 0.4) is 0 Å². The van der Waals surface area contributed by atoms with Crippen LogP contribution < -0.4 is 10.4 Å². The molecule has 2 aromatic rings. The van der Waals surface area contributed by atoms with Gasteiger partial charge in [0.2, 0.25) is 10.0 Å². The largest absolute Gasteiger partial charge is 0.373 e. The lowest BCUT2D eigenvalue weighted by Gasteiger charge is -2.35. The molecule has 1 aliphatic heterocycles. The van der Waals surface area contributed by atoms with Gasteiger partial charge >= 0.3 is 5.69 Å². The summed E-state index contributed by atoms with van der Waals surface area (Å²) in [6.07, 6.45) is 0.300. The lowest BCUT2D eigenvalue weighted by molar-refractivity contribution is -0.0671. The summed E-state index contributed by atoms with van der Waals surface area (Å²) in [5.41, 5.74) is 1.11. The van der Waals surface area contributed by atoms with Gasteiger partial charge in [-0.2, -0.15) is 0 Å². The minimum absolute atomic E-state index is 0.150. The highest BCUT2D eigenvalue weighted by molar-refractivity contribution is 7.89. The molecule has 2 heterocycles. The fourth-order valence-electron chi connectivity index (χ4n) is 3.54. The van der Waals surface area contributed by atoms with Crippen LogP contribution in [0, 0.1) is 0 Å². The summed E-state index contributed by atoms with van der Waals surface area (Å²) in [5, 5.41) is 0. The first-order chi connectivity index (χ1) is 12.2. The number of aryl methyl sites for hydroxylation is 2. The molecule has 9 heteroatoms. The van der Waals surface area contributed by atoms with Crippen LogP contribution in [0.2, 0.25) is 0 Å². The first kappa shape index (κ1) is 19.1. The Labute approximate surface area is 153 Å². The molecule has 1 aromatic heterocycles. The number of nitrogens with zero attached hydrogens (tertiary/aromatic N) is 3. The maximum absolute atomic E-state index is 12.6. The van der Waals surface area contributed by atoms with Crippen LogP contribution >= 0.6 is 0 Å². The quantitative estimate of drug-likeness (QED) is 0.802. The van der Waals surface area contributed by atoms with Gasteiger partial charge in [-0.25, -0.2) is 17.9 Å². The molecule has 3 rings (SSSR count). The lowest BCUT2D eigenvalue weighted by Crippen LogP contribution is -2.47. The number of nitrogens with one attached hydrogen (secondary N) is 1. The second kappa shape index (κ2) is 7.15. The summed E-state index contributed by atoms with van der Waals surface area (Å²) >= 11 is 0. The monoisotopic (exact) mass is 382 g/mol. The van der Waals surface area contributed by atoms with Crippen LogP contribution in [0.5, 0.6) is 0 Å². The molecule has 0 saturated carbocycles. The summed E-state index contributed by atoms with van der Waals surface area (Å²) in [6, 6.07) is 4.73. The van der Waals surface area contributed by atoms with E-state index in [-0.39, 0.29) is 22.8 Å². The van der Waals surface area contributed by atoms with Crippen molar-refractivity contribution in [1.29, 1.82) is 0 Å². The lowest BCUT2D eigenvalue weighted by atomic mass is 10.2. The molecule has 144 valence electrons. The van der Waals surface area contributed by atoms with Gasteiger partial charge in [-0.05, 0) is 32.0 Å².